The maximum absolute atomic E-state index is 8.95. The molecular weight excluding hydrogens is 314 g/mol. The normalized spacial score (nSPS) is 13.7. The van der Waals surface area contributed by atoms with Crippen LogP contribution in [0.25, 0.3) is 0 Å². The molecule has 0 spiro atoms. The minimum Gasteiger partial charge on any atom is -0.381 e. The second-order valence-electron chi connectivity index (χ2n) is 6.75. The van der Waals surface area contributed by atoms with Gasteiger partial charge in [0.05, 0.1) is 0 Å². The molecule has 1 heteroatoms. The van der Waals surface area contributed by atoms with E-state index in [9.17, 15) is 0 Å². The van der Waals surface area contributed by atoms with Gasteiger partial charge in [-0.15, -0.1) is 0 Å². The van der Waals surface area contributed by atoms with Crippen molar-refractivity contribution in [2.24, 2.45) is 0 Å². The highest BCUT2D eigenvalue weighted by Crippen LogP contribution is 2.32. The van der Waals surface area contributed by atoms with E-state index in [0.29, 0.717) is 0 Å². The van der Waals surface area contributed by atoms with Crippen molar-refractivity contribution >= 4 is 5.69 Å². The molecule has 0 saturated heterocycles. The Labute approximate surface area is 159 Å². The lowest BCUT2D eigenvalue weighted by molar-refractivity contribution is 0.582. The summed E-state index contributed by atoms with van der Waals surface area (Å²) >= 11 is 0. The van der Waals surface area contributed by atoms with Gasteiger partial charge in [0.1, 0.15) is 0 Å². The van der Waals surface area contributed by atoms with Crippen LogP contribution in [-0.4, -0.2) is 0 Å². The first-order chi connectivity index (χ1) is 13.3. The van der Waals surface area contributed by atoms with Crippen molar-refractivity contribution in [2.45, 2.75) is 45.0 Å². The topological polar surface area (TPSA) is 12.0 Å². The van der Waals surface area contributed by atoms with Gasteiger partial charge >= 0.3 is 0 Å². The van der Waals surface area contributed by atoms with Gasteiger partial charge in [-0.2, -0.15) is 0 Å². The van der Waals surface area contributed by atoms with E-state index in [2.05, 4.69) is 72.9 Å². The second-order valence-corrected chi connectivity index (χ2v) is 6.75. The van der Waals surface area contributed by atoms with Crippen LogP contribution in [0.5, 0.6) is 0 Å². The molecule has 1 N–H and O–H groups in total. The van der Waals surface area contributed by atoms with E-state index in [1.807, 2.05) is 24.3 Å². The molecule has 0 bridgehead atoms. The minimum absolute atomic E-state index is 0.187. The number of hydrogen-bond acceptors (Lipinski definition) is 1. The first-order valence-electron chi connectivity index (χ1n) is 10.2. The molecule has 134 valence electrons. The fourth-order valence-corrected chi connectivity index (χ4v) is 3.32. The Morgan fingerprint density at radius 2 is 1.42 bits per heavy atom. The molecule has 0 unspecified atom stereocenters. The molecule has 0 amide bonds. The molecule has 3 rings (SSSR count). The van der Waals surface area contributed by atoms with Crippen molar-refractivity contribution in [1.29, 1.82) is 0 Å². The van der Waals surface area contributed by atoms with Crippen molar-refractivity contribution in [3.05, 3.63) is 102 Å². The molecule has 1 nitrogen and oxygen atoms in total. The zero-order valence-corrected chi connectivity index (χ0v) is 15.6. The van der Waals surface area contributed by atoms with Crippen LogP contribution >= 0.6 is 0 Å². The Hall–Kier alpha value is -2.54. The number of benzene rings is 3. The van der Waals surface area contributed by atoms with Crippen LogP contribution < -0.4 is 5.32 Å². The number of rotatable bonds is 9. The summed E-state index contributed by atoms with van der Waals surface area (Å²) in [6.45, 7) is 3.02. The maximum atomic E-state index is 8.95. The van der Waals surface area contributed by atoms with Gasteiger partial charge in [0.25, 0.3) is 0 Å². The molecule has 0 aromatic heterocycles. The van der Waals surface area contributed by atoms with E-state index < -0.39 is 0 Å². The predicted octanol–water partition coefficient (Wildman–Crippen LogP) is 6.82. The van der Waals surface area contributed by atoms with Gasteiger partial charge in [0.15, 0.2) is 0 Å². The van der Waals surface area contributed by atoms with E-state index in [1.54, 1.807) is 0 Å². The first-order valence-corrected chi connectivity index (χ1v) is 9.63. The van der Waals surface area contributed by atoms with E-state index in [-0.39, 0.29) is 12.3 Å². The molecule has 0 radical (unpaired) electrons. The van der Waals surface area contributed by atoms with Crippen molar-refractivity contribution in [3.63, 3.8) is 0 Å². The number of anilines is 1. The second kappa shape index (κ2) is 9.82. The zero-order valence-electron chi connectivity index (χ0n) is 16.6. The fraction of sp³-hybridized carbons (Fsp3) is 0.280. The van der Waals surface area contributed by atoms with Crippen LogP contribution in [0, 0.1) is 0 Å². The minimum atomic E-state index is -0.252. The Morgan fingerprint density at radius 3 is 2.12 bits per heavy atom. The maximum Gasteiger partial charge on any atom is 0.0400 e. The largest absolute Gasteiger partial charge is 0.381 e. The molecule has 0 aliphatic rings. The molecule has 0 aliphatic heterocycles. The summed E-state index contributed by atoms with van der Waals surface area (Å²) in [7, 11) is 0. The van der Waals surface area contributed by atoms with Crippen molar-refractivity contribution in [2.75, 3.05) is 5.32 Å². The molecule has 0 aliphatic carbocycles. The van der Waals surface area contributed by atoms with Gasteiger partial charge < -0.3 is 5.32 Å². The number of unbranched alkanes of at least 4 members (excludes halogenated alkanes) is 1. The summed E-state index contributed by atoms with van der Waals surface area (Å²) in [5.41, 5.74) is 4.76. The monoisotopic (exact) mass is 344 g/mol. The van der Waals surface area contributed by atoms with Crippen molar-refractivity contribution < 1.29 is 1.37 Å². The van der Waals surface area contributed by atoms with E-state index in [4.69, 9.17) is 1.37 Å². The average molecular weight is 345 g/mol. The molecule has 3 aromatic carbocycles. The van der Waals surface area contributed by atoms with Crippen LogP contribution in [0.2, 0.25) is 0 Å². The Morgan fingerprint density at radius 1 is 0.808 bits per heavy atom. The lowest BCUT2D eigenvalue weighted by atomic mass is 9.86. The molecule has 2 atom stereocenters. The lowest BCUT2D eigenvalue weighted by Gasteiger charge is -2.21. The lowest BCUT2D eigenvalue weighted by Crippen LogP contribution is -2.08. The molecule has 0 heterocycles. The predicted molar refractivity (Wildman–Crippen MR) is 113 cm³/mol. The summed E-state index contributed by atoms with van der Waals surface area (Å²) in [5.74, 6) is 0.187. The third-order valence-electron chi connectivity index (χ3n) is 4.75. The van der Waals surface area contributed by atoms with Gasteiger partial charge in [-0.1, -0.05) is 98.6 Å². The van der Waals surface area contributed by atoms with Crippen LogP contribution in [0.4, 0.5) is 5.69 Å². The van der Waals surface area contributed by atoms with Gasteiger partial charge in [-0.3, -0.25) is 0 Å². The standard InChI is InChI=1S/C25H29N/c1-2-3-16-23(19-21-12-6-4-7-13-21)24-17-10-11-18-25(24)26-20-22-14-8-5-9-15-22/h4-15,17-18,23,26H,2-3,16,19-20H2,1H3/t23-/m0/s1/i19D/t19-,23-. The summed E-state index contributed by atoms with van der Waals surface area (Å²) in [5, 5.41) is 3.61. The quantitative estimate of drug-likeness (QED) is 0.449. The smallest absolute Gasteiger partial charge is 0.0400 e. The van der Waals surface area contributed by atoms with E-state index >= 15 is 0 Å². The van der Waals surface area contributed by atoms with Crippen LogP contribution in [0.15, 0.2) is 84.9 Å². The number of hydrogen-bond donors (Lipinski definition) is 1. The van der Waals surface area contributed by atoms with Crippen LogP contribution in [0.3, 0.4) is 0 Å². The molecule has 26 heavy (non-hydrogen) atoms. The molecule has 0 fully saturated rings. The fourth-order valence-electron chi connectivity index (χ4n) is 3.32. The van der Waals surface area contributed by atoms with Crippen LogP contribution in [-0.2, 0) is 12.9 Å². The molecular formula is C25H29N. The zero-order chi connectivity index (χ0) is 18.9. The van der Waals surface area contributed by atoms with Gasteiger partial charge in [0, 0.05) is 13.6 Å². The van der Waals surface area contributed by atoms with E-state index in [1.165, 1.54) is 11.1 Å². The first kappa shape index (κ1) is 16.9. The Bertz CT molecular complexity index is 801. The summed E-state index contributed by atoms with van der Waals surface area (Å²) in [6, 6.07) is 29.2. The Balaban J connectivity index is 1.85. The highest BCUT2D eigenvalue weighted by molar-refractivity contribution is 5.53. The summed E-state index contributed by atoms with van der Waals surface area (Å²) < 4.78 is 8.95. The van der Waals surface area contributed by atoms with Crippen molar-refractivity contribution in [3.8, 4) is 0 Å². The average Bonchev–Trinajstić information content (AvgIpc) is 2.74. The van der Waals surface area contributed by atoms with Gasteiger partial charge in [0.2, 0.25) is 0 Å². The Kier molecular flexibility index (Phi) is 6.38. The van der Waals surface area contributed by atoms with Crippen molar-refractivity contribution in [1.82, 2.24) is 0 Å². The summed E-state index contributed by atoms with van der Waals surface area (Å²) in [4.78, 5) is 0. The van der Waals surface area contributed by atoms with E-state index in [0.717, 1.165) is 37.1 Å². The SMILES string of the molecule is [2H][C@@H](c1ccccc1)[C@H](CCCC)c1ccccc1NCc1ccccc1. The highest BCUT2D eigenvalue weighted by Gasteiger charge is 2.15. The third kappa shape index (κ3) is 5.23. The van der Waals surface area contributed by atoms with Gasteiger partial charge in [-0.25, -0.2) is 0 Å². The molecule has 3 aromatic rings. The summed E-state index contributed by atoms with van der Waals surface area (Å²) in [6.07, 6.45) is 3.07. The highest BCUT2D eigenvalue weighted by atomic mass is 14.9. The number of para-hydroxylation sites is 1. The third-order valence-corrected chi connectivity index (χ3v) is 4.75. The molecule has 0 saturated carbocycles. The van der Waals surface area contributed by atoms with Crippen LogP contribution in [0.1, 0.15) is 50.2 Å². The van der Waals surface area contributed by atoms with Gasteiger partial charge in [-0.05, 0) is 41.5 Å². The number of nitrogens with one attached hydrogen (secondary N) is 1.